The van der Waals surface area contributed by atoms with E-state index in [1.54, 1.807) is 11.8 Å². The molecule has 0 amide bonds. The highest BCUT2D eigenvalue weighted by Gasteiger charge is 2.28. The van der Waals surface area contributed by atoms with Crippen molar-refractivity contribution in [1.29, 1.82) is 0 Å². The lowest BCUT2D eigenvalue weighted by Gasteiger charge is -2.28. The van der Waals surface area contributed by atoms with Crippen LogP contribution in [0.15, 0.2) is 18.2 Å². The summed E-state index contributed by atoms with van der Waals surface area (Å²) in [4.78, 5) is 12.6. The Morgan fingerprint density at radius 1 is 1.37 bits per heavy atom. The molecular formula is C14H17F2NO2. The largest absolute Gasteiger partial charge is 0.480 e. The van der Waals surface area contributed by atoms with Crippen molar-refractivity contribution >= 4 is 5.97 Å². The van der Waals surface area contributed by atoms with Gasteiger partial charge < -0.3 is 5.11 Å². The van der Waals surface area contributed by atoms with Crippen molar-refractivity contribution in [1.82, 2.24) is 4.90 Å². The third-order valence-electron chi connectivity index (χ3n) is 3.44. The summed E-state index contributed by atoms with van der Waals surface area (Å²) in [5.74, 6) is -1.68. The predicted octanol–water partition coefficient (Wildman–Crippen LogP) is 2.82. The number of aliphatic carboxylic acids is 1. The van der Waals surface area contributed by atoms with E-state index in [1.807, 2.05) is 0 Å². The molecule has 0 bridgehead atoms. The van der Waals surface area contributed by atoms with E-state index in [2.05, 4.69) is 0 Å². The van der Waals surface area contributed by atoms with Crippen molar-refractivity contribution < 1.29 is 18.7 Å². The summed E-state index contributed by atoms with van der Waals surface area (Å²) in [6.07, 6.45) is 2.20. The Hall–Kier alpha value is -1.49. The summed E-state index contributed by atoms with van der Waals surface area (Å²) in [5, 5.41) is 8.93. The Morgan fingerprint density at radius 2 is 1.95 bits per heavy atom. The topological polar surface area (TPSA) is 40.5 Å². The van der Waals surface area contributed by atoms with Crippen LogP contribution >= 0.6 is 0 Å². The Kier molecular flexibility index (Phi) is 4.14. The Labute approximate surface area is 110 Å². The smallest absolute Gasteiger partial charge is 0.317 e. The first-order valence-corrected chi connectivity index (χ1v) is 6.37. The molecule has 0 heterocycles. The number of halogens is 2. The second kappa shape index (κ2) is 5.65. The number of hydrogen-bond donors (Lipinski definition) is 1. The van der Waals surface area contributed by atoms with Gasteiger partial charge in [0.15, 0.2) is 0 Å². The Bertz CT molecular complexity index is 454. The molecule has 19 heavy (non-hydrogen) atoms. The third kappa shape index (κ3) is 3.99. The zero-order valence-electron chi connectivity index (χ0n) is 10.8. The van der Waals surface area contributed by atoms with E-state index in [0.29, 0.717) is 18.0 Å². The van der Waals surface area contributed by atoms with Gasteiger partial charge in [0.2, 0.25) is 0 Å². The zero-order valence-corrected chi connectivity index (χ0v) is 10.8. The second-order valence-corrected chi connectivity index (χ2v) is 5.15. The molecular weight excluding hydrogens is 252 g/mol. The molecule has 2 rings (SSSR count). The molecule has 1 aromatic carbocycles. The lowest BCUT2D eigenvalue weighted by atomic mass is 10.1. The third-order valence-corrected chi connectivity index (χ3v) is 3.44. The minimum atomic E-state index is -0.927. The number of hydrogen-bond acceptors (Lipinski definition) is 2. The van der Waals surface area contributed by atoms with Crippen LogP contribution < -0.4 is 0 Å². The Balaban J connectivity index is 2.15. The molecule has 1 aliphatic carbocycles. The molecule has 1 atom stereocenters. The molecule has 0 spiro atoms. The van der Waals surface area contributed by atoms with Gasteiger partial charge in [0.25, 0.3) is 0 Å². The maximum atomic E-state index is 13.2. The van der Waals surface area contributed by atoms with Crippen LogP contribution in [0.2, 0.25) is 0 Å². The number of carbonyl (C=O) groups is 1. The fourth-order valence-corrected chi connectivity index (χ4v) is 2.19. The van der Waals surface area contributed by atoms with Crippen molar-refractivity contribution in [3.8, 4) is 0 Å². The number of carboxylic acids is 1. The van der Waals surface area contributed by atoms with E-state index in [0.717, 1.165) is 18.9 Å². The van der Waals surface area contributed by atoms with Gasteiger partial charge in [-0.05, 0) is 43.4 Å². The van der Waals surface area contributed by atoms with Gasteiger partial charge in [-0.1, -0.05) is 0 Å². The number of benzene rings is 1. The van der Waals surface area contributed by atoms with Crippen LogP contribution in [0.4, 0.5) is 8.78 Å². The monoisotopic (exact) mass is 269 g/mol. The highest BCUT2D eigenvalue weighted by molar-refractivity contribution is 5.69. The molecule has 0 saturated heterocycles. The molecule has 0 aliphatic heterocycles. The number of rotatable bonds is 6. The van der Waals surface area contributed by atoms with Gasteiger partial charge in [0.05, 0.1) is 6.54 Å². The molecule has 1 unspecified atom stereocenters. The van der Waals surface area contributed by atoms with Crippen LogP contribution in [0.3, 0.4) is 0 Å². The van der Waals surface area contributed by atoms with Crippen molar-refractivity contribution in [3.05, 3.63) is 35.4 Å². The molecule has 5 heteroatoms. The van der Waals surface area contributed by atoms with Gasteiger partial charge in [-0.15, -0.1) is 0 Å². The average molecular weight is 269 g/mol. The van der Waals surface area contributed by atoms with Gasteiger partial charge >= 0.3 is 5.97 Å². The summed E-state index contributed by atoms with van der Waals surface area (Å²) in [6.45, 7) is 2.32. The van der Waals surface area contributed by atoms with E-state index in [-0.39, 0.29) is 12.6 Å². The van der Waals surface area contributed by atoms with Crippen molar-refractivity contribution in [2.24, 2.45) is 5.92 Å². The number of nitrogens with zero attached hydrogens (tertiary/aromatic N) is 1. The van der Waals surface area contributed by atoms with Crippen LogP contribution in [-0.4, -0.2) is 29.1 Å². The minimum absolute atomic E-state index is 0.115. The summed E-state index contributed by atoms with van der Waals surface area (Å²) in [5.41, 5.74) is 0.472. The van der Waals surface area contributed by atoms with Crippen molar-refractivity contribution in [2.45, 2.75) is 25.8 Å². The fourth-order valence-electron chi connectivity index (χ4n) is 2.19. The summed E-state index contributed by atoms with van der Waals surface area (Å²) in [7, 11) is 0. The van der Waals surface area contributed by atoms with Gasteiger partial charge in [-0.2, -0.15) is 0 Å². The van der Waals surface area contributed by atoms with Gasteiger partial charge in [0.1, 0.15) is 11.6 Å². The van der Waals surface area contributed by atoms with Crippen LogP contribution in [0, 0.1) is 17.6 Å². The molecule has 1 aromatic rings. The number of carboxylic acid groups (broad SMARTS) is 1. The molecule has 0 aromatic heterocycles. The van der Waals surface area contributed by atoms with E-state index >= 15 is 0 Å². The first-order chi connectivity index (χ1) is 8.95. The summed E-state index contributed by atoms with van der Waals surface area (Å²) >= 11 is 0. The van der Waals surface area contributed by atoms with Crippen molar-refractivity contribution in [2.75, 3.05) is 13.1 Å². The van der Waals surface area contributed by atoms with Crippen LogP contribution in [0.25, 0.3) is 0 Å². The van der Waals surface area contributed by atoms with Gasteiger partial charge in [-0.25, -0.2) is 8.78 Å². The van der Waals surface area contributed by atoms with Crippen LogP contribution in [0.1, 0.15) is 31.4 Å². The molecule has 1 N–H and O–H groups in total. The SMILES string of the molecule is CC(c1cc(F)cc(F)c1)N(CC(=O)O)CC1CC1. The second-order valence-electron chi connectivity index (χ2n) is 5.15. The molecule has 1 aliphatic rings. The first-order valence-electron chi connectivity index (χ1n) is 6.37. The highest BCUT2D eigenvalue weighted by Crippen LogP contribution is 2.32. The lowest BCUT2D eigenvalue weighted by molar-refractivity contribution is -0.139. The maximum absolute atomic E-state index is 13.2. The summed E-state index contributed by atoms with van der Waals surface area (Å²) in [6, 6.07) is 3.02. The maximum Gasteiger partial charge on any atom is 0.317 e. The van der Waals surface area contributed by atoms with Crippen molar-refractivity contribution in [3.63, 3.8) is 0 Å². The normalized spacial score (nSPS) is 16.6. The molecule has 3 nitrogen and oxygen atoms in total. The quantitative estimate of drug-likeness (QED) is 0.863. The predicted molar refractivity (Wildman–Crippen MR) is 66.7 cm³/mol. The minimum Gasteiger partial charge on any atom is -0.480 e. The van der Waals surface area contributed by atoms with E-state index in [4.69, 9.17) is 5.11 Å². The van der Waals surface area contributed by atoms with E-state index < -0.39 is 17.6 Å². The lowest BCUT2D eigenvalue weighted by Crippen LogP contribution is -2.34. The fraction of sp³-hybridized carbons (Fsp3) is 0.500. The van der Waals surface area contributed by atoms with E-state index in [9.17, 15) is 13.6 Å². The van der Waals surface area contributed by atoms with Crippen LogP contribution in [0.5, 0.6) is 0 Å². The average Bonchev–Trinajstić information content (AvgIpc) is 3.09. The first kappa shape index (κ1) is 13.9. The van der Waals surface area contributed by atoms with Gasteiger partial charge in [0, 0.05) is 18.7 Å². The molecule has 0 radical (unpaired) electrons. The Morgan fingerprint density at radius 3 is 2.42 bits per heavy atom. The van der Waals surface area contributed by atoms with Crippen LogP contribution in [-0.2, 0) is 4.79 Å². The zero-order chi connectivity index (χ0) is 14.0. The standard InChI is InChI=1S/C14H17F2NO2/c1-9(11-4-12(15)6-13(16)5-11)17(8-14(18)19)7-10-2-3-10/h4-6,9-10H,2-3,7-8H2,1H3,(H,18,19). The molecule has 1 fully saturated rings. The molecule has 1 saturated carbocycles. The van der Waals surface area contributed by atoms with E-state index in [1.165, 1.54) is 12.1 Å². The molecule has 104 valence electrons. The highest BCUT2D eigenvalue weighted by atomic mass is 19.1. The van der Waals surface area contributed by atoms with Gasteiger partial charge in [-0.3, -0.25) is 9.69 Å². The summed E-state index contributed by atoms with van der Waals surface area (Å²) < 4.78 is 26.4.